The smallest absolute Gasteiger partial charge is 0.0525 e. The number of aromatic nitrogens is 2. The minimum atomic E-state index is 0.539. The van der Waals surface area contributed by atoms with Crippen molar-refractivity contribution in [3.63, 3.8) is 0 Å². The van der Waals surface area contributed by atoms with Crippen LogP contribution in [0.4, 0.5) is 0 Å². The second kappa shape index (κ2) is 6.23. The number of hydrogen-bond acceptors (Lipinski definition) is 2. The van der Waals surface area contributed by atoms with Crippen LogP contribution in [-0.2, 0) is 13.0 Å². The van der Waals surface area contributed by atoms with Crippen molar-refractivity contribution in [2.24, 2.45) is 0 Å². The molecule has 1 saturated heterocycles. The summed E-state index contributed by atoms with van der Waals surface area (Å²) in [5.41, 5.74) is 2.81. The van der Waals surface area contributed by atoms with Crippen molar-refractivity contribution in [2.75, 3.05) is 6.54 Å². The highest BCUT2D eigenvalue weighted by Crippen LogP contribution is 2.29. The summed E-state index contributed by atoms with van der Waals surface area (Å²) in [7, 11) is 0. The highest BCUT2D eigenvalue weighted by atomic mass is 15.3. The molecule has 0 saturated carbocycles. The van der Waals surface area contributed by atoms with E-state index in [2.05, 4.69) is 64.7 Å². The fraction of sp³-hybridized carbons (Fsp3) is 0.471. The SMILES string of the molecule is CCCn1cc(C2CCNC2Cc2ccccc2)cn1. The van der Waals surface area contributed by atoms with E-state index in [9.17, 15) is 0 Å². The van der Waals surface area contributed by atoms with Gasteiger partial charge in [-0.3, -0.25) is 4.68 Å². The molecule has 1 fully saturated rings. The molecule has 2 heterocycles. The Hall–Kier alpha value is -1.61. The molecule has 2 unspecified atom stereocenters. The molecule has 0 amide bonds. The van der Waals surface area contributed by atoms with Crippen LogP contribution in [0.15, 0.2) is 42.7 Å². The average Bonchev–Trinajstić information content (AvgIpc) is 3.09. The molecule has 106 valence electrons. The predicted molar refractivity (Wildman–Crippen MR) is 81.8 cm³/mol. The number of aryl methyl sites for hydroxylation is 1. The van der Waals surface area contributed by atoms with Crippen molar-refractivity contribution in [1.29, 1.82) is 0 Å². The second-order valence-corrected chi connectivity index (χ2v) is 5.68. The van der Waals surface area contributed by atoms with Crippen LogP contribution in [0.1, 0.15) is 36.8 Å². The van der Waals surface area contributed by atoms with Gasteiger partial charge in [0.2, 0.25) is 0 Å². The van der Waals surface area contributed by atoms with E-state index in [-0.39, 0.29) is 0 Å². The molecule has 1 aliphatic heterocycles. The summed E-state index contributed by atoms with van der Waals surface area (Å²) >= 11 is 0. The van der Waals surface area contributed by atoms with Gasteiger partial charge in [-0.05, 0) is 36.9 Å². The first kappa shape index (κ1) is 13.4. The number of hydrogen-bond donors (Lipinski definition) is 1. The lowest BCUT2D eigenvalue weighted by Crippen LogP contribution is -2.28. The highest BCUT2D eigenvalue weighted by Gasteiger charge is 2.29. The Morgan fingerprint density at radius 2 is 2.15 bits per heavy atom. The van der Waals surface area contributed by atoms with Crippen LogP contribution in [0.25, 0.3) is 0 Å². The Balaban J connectivity index is 1.71. The summed E-state index contributed by atoms with van der Waals surface area (Å²) in [5.74, 6) is 0.598. The fourth-order valence-corrected chi connectivity index (χ4v) is 3.17. The van der Waals surface area contributed by atoms with E-state index >= 15 is 0 Å². The number of nitrogens with zero attached hydrogens (tertiary/aromatic N) is 2. The molecular formula is C17H23N3. The first-order valence-corrected chi connectivity index (χ1v) is 7.66. The molecule has 0 aliphatic carbocycles. The molecule has 0 radical (unpaired) electrons. The topological polar surface area (TPSA) is 29.9 Å². The van der Waals surface area contributed by atoms with Gasteiger partial charge in [0, 0.05) is 24.7 Å². The molecule has 0 spiro atoms. The molecular weight excluding hydrogens is 246 g/mol. The Labute approximate surface area is 121 Å². The summed E-state index contributed by atoms with van der Waals surface area (Å²) in [4.78, 5) is 0. The van der Waals surface area contributed by atoms with Crippen LogP contribution >= 0.6 is 0 Å². The Morgan fingerprint density at radius 3 is 2.95 bits per heavy atom. The first-order valence-electron chi connectivity index (χ1n) is 7.66. The molecule has 1 aromatic heterocycles. The molecule has 2 atom stereocenters. The maximum Gasteiger partial charge on any atom is 0.0525 e. The molecule has 3 nitrogen and oxygen atoms in total. The van der Waals surface area contributed by atoms with E-state index < -0.39 is 0 Å². The van der Waals surface area contributed by atoms with E-state index in [1.54, 1.807) is 0 Å². The minimum Gasteiger partial charge on any atom is -0.313 e. The van der Waals surface area contributed by atoms with Gasteiger partial charge < -0.3 is 5.32 Å². The zero-order valence-corrected chi connectivity index (χ0v) is 12.1. The van der Waals surface area contributed by atoms with Crippen LogP contribution in [0, 0.1) is 0 Å². The maximum absolute atomic E-state index is 4.48. The highest BCUT2D eigenvalue weighted by molar-refractivity contribution is 5.22. The molecule has 20 heavy (non-hydrogen) atoms. The molecule has 3 rings (SSSR count). The van der Waals surface area contributed by atoms with E-state index in [1.165, 1.54) is 17.5 Å². The monoisotopic (exact) mass is 269 g/mol. The molecule has 3 heteroatoms. The summed E-state index contributed by atoms with van der Waals surface area (Å²) in [6.45, 7) is 4.32. The van der Waals surface area contributed by atoms with Crippen molar-refractivity contribution >= 4 is 0 Å². The maximum atomic E-state index is 4.48. The Kier molecular flexibility index (Phi) is 4.16. The normalized spacial score (nSPS) is 22.2. The van der Waals surface area contributed by atoms with Crippen molar-refractivity contribution in [3.8, 4) is 0 Å². The van der Waals surface area contributed by atoms with Gasteiger partial charge in [-0.1, -0.05) is 37.3 Å². The third-order valence-corrected chi connectivity index (χ3v) is 4.18. The Morgan fingerprint density at radius 1 is 1.30 bits per heavy atom. The van der Waals surface area contributed by atoms with E-state index in [0.717, 1.165) is 25.9 Å². The molecule has 1 N–H and O–H groups in total. The zero-order valence-electron chi connectivity index (χ0n) is 12.1. The summed E-state index contributed by atoms with van der Waals surface area (Å²) in [5, 5.41) is 8.14. The first-order chi connectivity index (χ1) is 9.86. The third-order valence-electron chi connectivity index (χ3n) is 4.18. The fourth-order valence-electron chi connectivity index (χ4n) is 3.17. The van der Waals surface area contributed by atoms with Gasteiger partial charge in [-0.15, -0.1) is 0 Å². The number of nitrogens with one attached hydrogen (secondary N) is 1. The molecule has 0 bridgehead atoms. The van der Waals surface area contributed by atoms with Gasteiger partial charge in [0.15, 0.2) is 0 Å². The third kappa shape index (κ3) is 2.93. The number of rotatable bonds is 5. The lowest BCUT2D eigenvalue weighted by Gasteiger charge is -2.18. The van der Waals surface area contributed by atoms with Crippen LogP contribution in [0.3, 0.4) is 0 Å². The summed E-state index contributed by atoms with van der Waals surface area (Å²) in [6.07, 6.45) is 7.75. The van der Waals surface area contributed by atoms with E-state index in [1.807, 2.05) is 0 Å². The van der Waals surface area contributed by atoms with Crippen LogP contribution in [0.2, 0.25) is 0 Å². The lowest BCUT2D eigenvalue weighted by atomic mass is 9.90. The molecule has 1 aliphatic rings. The van der Waals surface area contributed by atoms with Gasteiger partial charge >= 0.3 is 0 Å². The van der Waals surface area contributed by atoms with E-state index in [4.69, 9.17) is 0 Å². The standard InChI is InChI=1S/C17H23N3/c1-2-10-20-13-15(12-19-20)16-8-9-18-17(16)11-14-6-4-3-5-7-14/h3-7,12-13,16-18H,2,8-11H2,1H3. The van der Waals surface area contributed by atoms with Crippen LogP contribution < -0.4 is 5.32 Å². The van der Waals surface area contributed by atoms with Crippen molar-refractivity contribution in [2.45, 2.75) is 44.7 Å². The van der Waals surface area contributed by atoms with Gasteiger partial charge in [0.1, 0.15) is 0 Å². The summed E-state index contributed by atoms with van der Waals surface area (Å²) in [6, 6.07) is 11.3. The van der Waals surface area contributed by atoms with Crippen molar-refractivity contribution < 1.29 is 0 Å². The van der Waals surface area contributed by atoms with Gasteiger partial charge in [-0.25, -0.2) is 0 Å². The van der Waals surface area contributed by atoms with Crippen molar-refractivity contribution in [1.82, 2.24) is 15.1 Å². The quantitative estimate of drug-likeness (QED) is 0.904. The average molecular weight is 269 g/mol. The summed E-state index contributed by atoms with van der Waals surface area (Å²) < 4.78 is 2.08. The lowest BCUT2D eigenvalue weighted by molar-refractivity contribution is 0.542. The van der Waals surface area contributed by atoms with E-state index in [0.29, 0.717) is 12.0 Å². The minimum absolute atomic E-state index is 0.539. The number of benzene rings is 1. The predicted octanol–water partition coefficient (Wildman–Crippen LogP) is 2.98. The van der Waals surface area contributed by atoms with Gasteiger partial charge in [-0.2, -0.15) is 5.10 Å². The van der Waals surface area contributed by atoms with Crippen LogP contribution in [0.5, 0.6) is 0 Å². The second-order valence-electron chi connectivity index (χ2n) is 5.68. The van der Waals surface area contributed by atoms with Gasteiger partial charge in [0.25, 0.3) is 0 Å². The molecule has 2 aromatic rings. The van der Waals surface area contributed by atoms with Gasteiger partial charge in [0.05, 0.1) is 6.20 Å². The molecule has 1 aromatic carbocycles. The Bertz CT molecular complexity index is 532. The van der Waals surface area contributed by atoms with Crippen LogP contribution in [-0.4, -0.2) is 22.4 Å². The van der Waals surface area contributed by atoms with Crippen molar-refractivity contribution in [3.05, 3.63) is 53.9 Å². The largest absolute Gasteiger partial charge is 0.313 e. The zero-order chi connectivity index (χ0) is 13.8.